The summed E-state index contributed by atoms with van der Waals surface area (Å²) in [5.74, 6) is 0. The van der Waals surface area contributed by atoms with Crippen LogP contribution in [0.25, 0.3) is 0 Å². The topological polar surface area (TPSA) is 67.6 Å². The lowest BCUT2D eigenvalue weighted by Gasteiger charge is -2.30. The molecule has 2 rings (SSSR count). The number of ether oxygens (including phenoxy) is 1. The van der Waals surface area contributed by atoms with E-state index in [1.807, 2.05) is 31.5 Å². The van der Waals surface area contributed by atoms with Crippen LogP contribution in [0.3, 0.4) is 0 Å². The van der Waals surface area contributed by atoms with Crippen molar-refractivity contribution in [3.8, 4) is 0 Å². The molecule has 0 radical (unpaired) electrons. The van der Waals surface area contributed by atoms with Gasteiger partial charge in [0.05, 0.1) is 24.4 Å². The molecule has 1 aromatic rings. The highest BCUT2D eigenvalue weighted by molar-refractivity contribution is 6.44. The van der Waals surface area contributed by atoms with Crippen molar-refractivity contribution in [3.05, 3.63) is 11.8 Å². The van der Waals surface area contributed by atoms with Crippen molar-refractivity contribution in [1.82, 2.24) is 14.7 Å². The van der Waals surface area contributed by atoms with Crippen molar-refractivity contribution in [2.45, 2.75) is 39.5 Å². The standard InChI is InChI=1S/C11H18BN3O3/c1-11(2,3)18-10(16)14-4-5-15-8(7-14)6-9(12-17)13-15/h6,12,17H,4-5,7H2,1-3H3. The Hall–Kier alpha value is -1.50. The normalized spacial score (nSPS) is 15.2. The minimum absolute atomic E-state index is 0.0769. The summed E-state index contributed by atoms with van der Waals surface area (Å²) >= 11 is 0. The molecule has 0 atom stereocenters. The average Bonchev–Trinajstić information content (AvgIpc) is 2.68. The second-order valence-corrected chi connectivity index (χ2v) is 5.41. The molecule has 6 nitrogen and oxygen atoms in total. The highest BCUT2D eigenvalue weighted by Crippen LogP contribution is 2.15. The van der Waals surface area contributed by atoms with Crippen molar-refractivity contribution in [1.29, 1.82) is 0 Å². The predicted octanol–water partition coefficient (Wildman–Crippen LogP) is -0.397. The first-order chi connectivity index (χ1) is 8.39. The molecule has 0 aromatic carbocycles. The van der Waals surface area contributed by atoms with Gasteiger partial charge in [-0.3, -0.25) is 4.68 Å². The van der Waals surface area contributed by atoms with Crippen molar-refractivity contribution < 1.29 is 14.6 Å². The molecule has 0 saturated heterocycles. The second-order valence-electron chi connectivity index (χ2n) is 5.41. The van der Waals surface area contributed by atoms with Crippen LogP contribution in [-0.2, 0) is 17.8 Å². The summed E-state index contributed by atoms with van der Waals surface area (Å²) in [6, 6.07) is 1.82. The van der Waals surface area contributed by atoms with E-state index >= 15 is 0 Å². The number of nitrogens with zero attached hydrogens (tertiary/aromatic N) is 3. The fourth-order valence-corrected chi connectivity index (χ4v) is 1.89. The van der Waals surface area contributed by atoms with E-state index in [4.69, 9.17) is 9.76 Å². The third-order valence-corrected chi connectivity index (χ3v) is 2.66. The number of aromatic nitrogens is 2. The van der Waals surface area contributed by atoms with Crippen LogP contribution in [0.1, 0.15) is 26.5 Å². The van der Waals surface area contributed by atoms with E-state index < -0.39 is 5.60 Å². The van der Waals surface area contributed by atoms with Crippen LogP contribution in [0.15, 0.2) is 6.07 Å². The third-order valence-electron chi connectivity index (χ3n) is 2.66. The first kappa shape index (κ1) is 12.9. The van der Waals surface area contributed by atoms with Gasteiger partial charge in [-0.2, -0.15) is 5.10 Å². The Bertz CT molecular complexity index is 453. The van der Waals surface area contributed by atoms with Gasteiger partial charge in [0.1, 0.15) is 5.60 Å². The van der Waals surface area contributed by atoms with Gasteiger partial charge in [-0.05, 0) is 26.8 Å². The molecule has 0 spiro atoms. The molecule has 1 aromatic heterocycles. The fraction of sp³-hybridized carbons (Fsp3) is 0.636. The van der Waals surface area contributed by atoms with E-state index in [1.54, 1.807) is 4.90 Å². The molecule has 1 amide bonds. The van der Waals surface area contributed by atoms with Gasteiger partial charge in [0.25, 0.3) is 0 Å². The Morgan fingerprint density at radius 1 is 1.50 bits per heavy atom. The number of rotatable bonds is 1. The Kier molecular flexibility index (Phi) is 3.34. The van der Waals surface area contributed by atoms with Crippen LogP contribution in [0.2, 0.25) is 0 Å². The number of carbonyl (C=O) groups excluding carboxylic acids is 1. The summed E-state index contributed by atoms with van der Waals surface area (Å²) in [6.07, 6.45) is -0.305. The summed E-state index contributed by atoms with van der Waals surface area (Å²) in [4.78, 5) is 13.6. The van der Waals surface area contributed by atoms with Crippen LogP contribution in [0.5, 0.6) is 0 Å². The van der Waals surface area contributed by atoms with Gasteiger partial charge < -0.3 is 14.7 Å². The van der Waals surface area contributed by atoms with Gasteiger partial charge >= 0.3 is 13.6 Å². The Labute approximate surface area is 107 Å². The van der Waals surface area contributed by atoms with E-state index in [1.165, 1.54) is 0 Å². The third kappa shape index (κ3) is 2.84. The average molecular weight is 251 g/mol. The zero-order valence-electron chi connectivity index (χ0n) is 11.0. The first-order valence-electron chi connectivity index (χ1n) is 6.03. The van der Waals surface area contributed by atoms with Crippen molar-refractivity contribution >= 4 is 19.2 Å². The van der Waals surface area contributed by atoms with Crippen molar-refractivity contribution in [2.75, 3.05) is 6.54 Å². The summed E-state index contributed by atoms with van der Waals surface area (Å²) in [5.41, 5.74) is 1.08. The van der Waals surface area contributed by atoms with E-state index in [9.17, 15) is 4.79 Å². The maximum absolute atomic E-state index is 11.9. The molecular formula is C11H18BN3O3. The highest BCUT2D eigenvalue weighted by Gasteiger charge is 2.26. The van der Waals surface area contributed by atoms with E-state index in [0.29, 0.717) is 25.2 Å². The Morgan fingerprint density at radius 2 is 2.22 bits per heavy atom. The van der Waals surface area contributed by atoms with Gasteiger partial charge in [-0.15, -0.1) is 0 Å². The SMILES string of the molecule is CC(C)(C)OC(=O)N1CCn2nc(BO)cc2C1. The molecule has 0 saturated carbocycles. The van der Waals surface area contributed by atoms with Gasteiger partial charge in [0, 0.05) is 6.54 Å². The van der Waals surface area contributed by atoms with E-state index in [0.717, 1.165) is 5.69 Å². The molecule has 1 aliphatic rings. The van der Waals surface area contributed by atoms with Crippen LogP contribution in [0.4, 0.5) is 4.79 Å². The van der Waals surface area contributed by atoms with Crippen LogP contribution < -0.4 is 5.59 Å². The van der Waals surface area contributed by atoms with Gasteiger partial charge in [-0.1, -0.05) is 0 Å². The molecule has 18 heavy (non-hydrogen) atoms. The maximum Gasteiger partial charge on any atom is 0.410 e. The van der Waals surface area contributed by atoms with E-state index in [-0.39, 0.29) is 13.6 Å². The summed E-state index contributed by atoms with van der Waals surface area (Å²) < 4.78 is 7.16. The largest absolute Gasteiger partial charge is 0.448 e. The van der Waals surface area contributed by atoms with Crippen LogP contribution in [-0.4, -0.2) is 45.4 Å². The molecule has 1 aliphatic heterocycles. The van der Waals surface area contributed by atoms with Gasteiger partial charge in [0.15, 0.2) is 0 Å². The lowest BCUT2D eigenvalue weighted by Crippen LogP contribution is -2.41. The van der Waals surface area contributed by atoms with Crippen LogP contribution in [0, 0.1) is 0 Å². The minimum Gasteiger partial charge on any atom is -0.448 e. The monoisotopic (exact) mass is 251 g/mol. The molecule has 0 aliphatic carbocycles. The molecular weight excluding hydrogens is 233 g/mol. The number of carbonyl (C=O) groups is 1. The number of amides is 1. The number of hydrogen-bond donors (Lipinski definition) is 1. The molecule has 2 heterocycles. The van der Waals surface area contributed by atoms with E-state index in [2.05, 4.69) is 5.10 Å². The summed E-state index contributed by atoms with van der Waals surface area (Å²) in [7, 11) is -0.0769. The maximum atomic E-state index is 11.9. The first-order valence-corrected chi connectivity index (χ1v) is 6.03. The quantitative estimate of drug-likeness (QED) is 0.690. The minimum atomic E-state index is -0.481. The zero-order chi connectivity index (χ0) is 13.3. The van der Waals surface area contributed by atoms with Crippen molar-refractivity contribution in [2.24, 2.45) is 0 Å². The lowest BCUT2D eigenvalue weighted by molar-refractivity contribution is 0.0194. The molecule has 1 N–H and O–H groups in total. The highest BCUT2D eigenvalue weighted by atomic mass is 16.6. The Morgan fingerprint density at radius 3 is 2.83 bits per heavy atom. The molecule has 0 fully saturated rings. The smallest absolute Gasteiger partial charge is 0.410 e. The van der Waals surface area contributed by atoms with Gasteiger partial charge in [0.2, 0.25) is 0 Å². The molecule has 0 unspecified atom stereocenters. The molecule has 98 valence electrons. The van der Waals surface area contributed by atoms with Crippen molar-refractivity contribution in [3.63, 3.8) is 0 Å². The summed E-state index contributed by atoms with van der Waals surface area (Å²) in [5, 5.41) is 13.3. The Balaban J connectivity index is 2.05. The lowest BCUT2D eigenvalue weighted by atomic mass is 9.96. The second kappa shape index (κ2) is 4.64. The summed E-state index contributed by atoms with van der Waals surface area (Å²) in [6.45, 7) is 7.24. The van der Waals surface area contributed by atoms with Crippen LogP contribution >= 0.6 is 0 Å². The molecule has 0 bridgehead atoms. The number of hydrogen-bond acceptors (Lipinski definition) is 4. The molecule has 7 heteroatoms. The van der Waals surface area contributed by atoms with Gasteiger partial charge in [-0.25, -0.2) is 4.79 Å². The fourth-order valence-electron chi connectivity index (χ4n) is 1.89. The zero-order valence-corrected chi connectivity index (χ0v) is 11.0. The number of fused-ring (bicyclic) bond motifs is 1. The predicted molar refractivity (Wildman–Crippen MR) is 67.9 cm³/mol.